The van der Waals surface area contributed by atoms with E-state index in [-0.39, 0.29) is 16.2 Å². The van der Waals surface area contributed by atoms with Gasteiger partial charge in [-0.15, -0.1) is 0 Å². The van der Waals surface area contributed by atoms with Gasteiger partial charge in [-0.3, -0.25) is 14.3 Å². The van der Waals surface area contributed by atoms with Gasteiger partial charge in [0.15, 0.2) is 4.77 Å². The van der Waals surface area contributed by atoms with E-state index in [0.29, 0.717) is 12.2 Å². The lowest BCUT2D eigenvalue weighted by molar-refractivity contribution is 0.412. The molecule has 1 aliphatic rings. The Morgan fingerprint density at radius 1 is 1.10 bits per heavy atom. The number of nitrogens with zero attached hydrogens (tertiary/aromatic N) is 1. The highest BCUT2D eigenvalue weighted by molar-refractivity contribution is 9.10. The van der Waals surface area contributed by atoms with Gasteiger partial charge in [0.1, 0.15) is 5.56 Å². The zero-order chi connectivity index (χ0) is 20.1. The minimum atomic E-state index is -0.466. The molecule has 2 aromatic carbocycles. The molecule has 8 heteroatoms. The lowest BCUT2D eigenvalue weighted by atomic mass is 9.95. The smallest absolute Gasteiger partial charge is 0.260 e. The van der Waals surface area contributed by atoms with E-state index in [1.807, 2.05) is 42.5 Å². The summed E-state index contributed by atoms with van der Waals surface area (Å²) in [6.45, 7) is 0.701. The van der Waals surface area contributed by atoms with Crippen molar-refractivity contribution in [2.75, 3.05) is 6.54 Å². The summed E-state index contributed by atoms with van der Waals surface area (Å²) in [4.78, 5) is 19.0. The van der Waals surface area contributed by atoms with Crippen molar-refractivity contribution in [1.82, 2.24) is 19.9 Å². The fourth-order valence-corrected chi connectivity index (χ4v) is 4.60. The van der Waals surface area contributed by atoms with Crippen LogP contribution in [0.3, 0.4) is 0 Å². The molecule has 4 aromatic rings. The van der Waals surface area contributed by atoms with E-state index in [1.165, 1.54) is 10.1 Å². The van der Waals surface area contributed by atoms with Gasteiger partial charge in [-0.05, 0) is 54.5 Å². The number of aromatic hydroxyl groups is 1. The van der Waals surface area contributed by atoms with Crippen LogP contribution in [0.5, 0.6) is 5.88 Å². The number of aromatic amines is 2. The Hall–Kier alpha value is -2.68. The Labute approximate surface area is 179 Å². The van der Waals surface area contributed by atoms with Crippen molar-refractivity contribution >= 4 is 39.1 Å². The van der Waals surface area contributed by atoms with Gasteiger partial charge in [-0.25, -0.2) is 0 Å². The third-order valence-electron chi connectivity index (χ3n) is 5.35. The first-order valence-corrected chi connectivity index (χ1v) is 10.4. The van der Waals surface area contributed by atoms with Crippen molar-refractivity contribution in [3.8, 4) is 11.6 Å². The normalized spacial score (nSPS) is 16.1. The number of H-pyrrole nitrogens is 2. The van der Waals surface area contributed by atoms with Crippen LogP contribution < -0.4 is 10.9 Å². The minimum absolute atomic E-state index is 0.145. The van der Waals surface area contributed by atoms with Gasteiger partial charge in [0.05, 0.1) is 11.7 Å². The standard InChI is InChI=1S/C21H17BrN4O2S/c22-11-5-7-12(8-6-11)26-20(28)16(19(27)25-21(26)29)18-17-14(9-10-23-18)13-3-1-2-4-15(13)24-17/h1-8,18,23-24,28H,9-10H2,(H,25,27,29)/t18-/m0/s1. The lowest BCUT2D eigenvalue weighted by Crippen LogP contribution is -2.35. The van der Waals surface area contributed by atoms with Gasteiger partial charge in [-0.2, -0.15) is 0 Å². The zero-order valence-electron chi connectivity index (χ0n) is 15.2. The maximum Gasteiger partial charge on any atom is 0.260 e. The summed E-state index contributed by atoms with van der Waals surface area (Å²) >= 11 is 8.75. The van der Waals surface area contributed by atoms with E-state index in [2.05, 4.69) is 37.3 Å². The first-order valence-electron chi connectivity index (χ1n) is 9.21. The number of benzene rings is 2. The Bertz CT molecular complexity index is 1350. The summed E-state index contributed by atoms with van der Waals surface area (Å²) in [6, 6.07) is 15.0. The number of nitrogens with one attached hydrogen (secondary N) is 3. The van der Waals surface area contributed by atoms with E-state index in [0.717, 1.165) is 27.5 Å². The van der Waals surface area contributed by atoms with Crippen LogP contribution in [0.2, 0.25) is 0 Å². The van der Waals surface area contributed by atoms with E-state index in [1.54, 1.807) is 0 Å². The largest absolute Gasteiger partial charge is 0.494 e. The van der Waals surface area contributed by atoms with Crippen molar-refractivity contribution in [2.45, 2.75) is 12.5 Å². The summed E-state index contributed by atoms with van der Waals surface area (Å²) in [7, 11) is 0. The molecular formula is C21H17BrN4O2S. The number of hydrogen-bond donors (Lipinski definition) is 4. The van der Waals surface area contributed by atoms with Crippen molar-refractivity contribution < 1.29 is 5.11 Å². The Balaban J connectivity index is 1.74. The van der Waals surface area contributed by atoms with Gasteiger partial charge in [0.2, 0.25) is 5.88 Å². The quantitative estimate of drug-likeness (QED) is 0.334. The average molecular weight is 469 g/mol. The van der Waals surface area contributed by atoms with Crippen LogP contribution in [0.1, 0.15) is 22.9 Å². The molecule has 0 bridgehead atoms. The number of fused-ring (bicyclic) bond motifs is 3. The Morgan fingerprint density at radius 2 is 1.86 bits per heavy atom. The monoisotopic (exact) mass is 468 g/mol. The number of para-hydroxylation sites is 1. The van der Waals surface area contributed by atoms with Crippen molar-refractivity contribution in [2.24, 2.45) is 0 Å². The molecule has 1 atom stereocenters. The van der Waals surface area contributed by atoms with Gasteiger partial charge >= 0.3 is 0 Å². The molecule has 3 heterocycles. The highest BCUT2D eigenvalue weighted by Gasteiger charge is 2.30. The molecule has 6 nitrogen and oxygen atoms in total. The fraction of sp³-hybridized carbons (Fsp3) is 0.143. The second-order valence-electron chi connectivity index (χ2n) is 7.01. The van der Waals surface area contributed by atoms with Crippen LogP contribution in [0, 0.1) is 4.77 Å². The van der Waals surface area contributed by atoms with E-state index < -0.39 is 11.6 Å². The second kappa shape index (κ2) is 6.98. The number of aromatic nitrogens is 3. The third-order valence-corrected chi connectivity index (χ3v) is 6.17. The summed E-state index contributed by atoms with van der Waals surface area (Å²) in [5.74, 6) is -0.162. The molecule has 0 amide bonds. The topological polar surface area (TPSA) is 85.8 Å². The number of halogens is 1. The van der Waals surface area contributed by atoms with Crippen LogP contribution in [-0.4, -0.2) is 26.2 Å². The molecule has 0 aliphatic carbocycles. The SMILES string of the molecule is O=c1[nH]c(=S)n(-c2ccc(Br)cc2)c(O)c1[C@@H]1NCCc2c1[nH]c1ccccc21. The molecule has 2 aromatic heterocycles. The molecule has 29 heavy (non-hydrogen) atoms. The average Bonchev–Trinajstić information content (AvgIpc) is 3.09. The van der Waals surface area contributed by atoms with Crippen molar-refractivity contribution in [3.63, 3.8) is 0 Å². The predicted octanol–water partition coefficient (Wildman–Crippen LogP) is 4.08. The van der Waals surface area contributed by atoms with Crippen LogP contribution >= 0.6 is 28.1 Å². The molecule has 5 rings (SSSR count). The van der Waals surface area contributed by atoms with Crippen molar-refractivity contribution in [3.05, 3.63) is 84.9 Å². The van der Waals surface area contributed by atoms with Gasteiger partial charge < -0.3 is 15.4 Å². The highest BCUT2D eigenvalue weighted by Crippen LogP contribution is 2.35. The fourth-order valence-electron chi connectivity index (χ4n) is 4.06. The molecule has 0 saturated carbocycles. The first kappa shape index (κ1) is 18.4. The predicted molar refractivity (Wildman–Crippen MR) is 118 cm³/mol. The summed E-state index contributed by atoms with van der Waals surface area (Å²) in [5, 5.41) is 15.7. The Kier molecular flexibility index (Phi) is 4.42. The molecule has 4 N–H and O–H groups in total. The summed E-state index contributed by atoms with van der Waals surface area (Å²) < 4.78 is 2.54. The zero-order valence-corrected chi connectivity index (χ0v) is 17.6. The summed E-state index contributed by atoms with van der Waals surface area (Å²) in [6.07, 6.45) is 0.848. The van der Waals surface area contributed by atoms with E-state index >= 15 is 0 Å². The summed E-state index contributed by atoms with van der Waals surface area (Å²) in [5.41, 5.74) is 3.60. The maximum absolute atomic E-state index is 12.9. The molecule has 1 aliphatic heterocycles. The molecular weight excluding hydrogens is 452 g/mol. The highest BCUT2D eigenvalue weighted by atomic mass is 79.9. The van der Waals surface area contributed by atoms with Gasteiger partial charge in [0.25, 0.3) is 5.56 Å². The molecule has 0 saturated heterocycles. The van der Waals surface area contributed by atoms with E-state index in [9.17, 15) is 9.90 Å². The maximum atomic E-state index is 12.9. The van der Waals surface area contributed by atoms with E-state index in [4.69, 9.17) is 12.2 Å². The van der Waals surface area contributed by atoms with Crippen LogP contribution in [0.25, 0.3) is 16.6 Å². The number of hydrogen-bond acceptors (Lipinski definition) is 4. The van der Waals surface area contributed by atoms with Crippen LogP contribution in [-0.2, 0) is 6.42 Å². The van der Waals surface area contributed by atoms with Crippen LogP contribution in [0.4, 0.5) is 0 Å². The van der Waals surface area contributed by atoms with Crippen LogP contribution in [0.15, 0.2) is 57.8 Å². The molecule has 146 valence electrons. The lowest BCUT2D eigenvalue weighted by Gasteiger charge is -2.25. The minimum Gasteiger partial charge on any atom is -0.494 e. The second-order valence-corrected chi connectivity index (χ2v) is 8.31. The van der Waals surface area contributed by atoms with Crippen molar-refractivity contribution in [1.29, 1.82) is 0 Å². The van der Waals surface area contributed by atoms with Gasteiger partial charge in [-0.1, -0.05) is 34.1 Å². The molecule has 0 fully saturated rings. The third kappa shape index (κ3) is 2.95. The molecule has 0 radical (unpaired) electrons. The van der Waals surface area contributed by atoms with Gasteiger partial charge in [0, 0.05) is 27.6 Å². The Morgan fingerprint density at radius 3 is 2.66 bits per heavy atom. The first-order chi connectivity index (χ1) is 14.0. The number of rotatable bonds is 2. The molecule has 0 unspecified atom stereocenters. The molecule has 0 spiro atoms.